The maximum atomic E-state index is 2.46. The van der Waals surface area contributed by atoms with E-state index in [1.54, 1.807) is 0 Å². The minimum absolute atomic E-state index is 1.16. The van der Waals surface area contributed by atoms with Crippen LogP contribution in [0.5, 0.6) is 0 Å². The smallest absolute Gasteiger partial charge is 0.105 e. The number of hydrogen-bond acceptors (Lipinski definition) is 0. The molecule has 0 radical (unpaired) electrons. The summed E-state index contributed by atoms with van der Waals surface area (Å²) in [5.41, 5.74) is 3.01. The standard InChI is InChI=1S/C54H92N/c1-3-5-7-9-11-13-15-17-19-21-23-25-27-29-31-33-35-43-49-55(51-53-45-39-37-40-46-53,52-54-47-41-38-42-48-54)50-44-36-34-32-30-28-26-24-22-20-18-16-14-12-10-8-6-4-2/h19-22,37-42,45-48H,3-18,23-36,43-44,49-52H2,1-2H3/q+1/b21-19+,22-20+. The molecule has 0 aliphatic rings. The molecule has 0 bridgehead atoms. The molecule has 0 fully saturated rings. The largest absolute Gasteiger partial charge is 0.316 e. The van der Waals surface area contributed by atoms with Crippen molar-refractivity contribution in [2.24, 2.45) is 0 Å². The Morgan fingerprint density at radius 2 is 0.564 bits per heavy atom. The Morgan fingerprint density at radius 1 is 0.309 bits per heavy atom. The topological polar surface area (TPSA) is 0 Å². The van der Waals surface area contributed by atoms with Crippen LogP contribution in [0.4, 0.5) is 0 Å². The summed E-state index contributed by atoms with van der Waals surface area (Å²) in [5.74, 6) is 0. The molecule has 2 aromatic rings. The molecule has 0 spiro atoms. The van der Waals surface area contributed by atoms with Crippen molar-refractivity contribution in [2.45, 2.75) is 232 Å². The zero-order chi connectivity index (χ0) is 39.0. The van der Waals surface area contributed by atoms with Gasteiger partial charge in [-0.2, -0.15) is 0 Å². The lowest BCUT2D eigenvalue weighted by Crippen LogP contribution is -2.48. The molecule has 0 atom stereocenters. The van der Waals surface area contributed by atoms with Crippen molar-refractivity contribution >= 4 is 0 Å². The van der Waals surface area contributed by atoms with Gasteiger partial charge >= 0.3 is 0 Å². The molecule has 0 amide bonds. The highest BCUT2D eigenvalue weighted by Gasteiger charge is 2.27. The summed E-state index contributed by atoms with van der Waals surface area (Å²) in [5, 5.41) is 0. The SMILES string of the molecule is CCCCCCCCC/C=C/CCCCCCCCC[N+](CCCCCCCCC/C=C/CCCCCCCCC)(Cc1ccccc1)Cc1ccccc1. The first-order valence-electron chi connectivity index (χ1n) is 24.5. The van der Waals surface area contributed by atoms with E-state index in [0.717, 1.165) is 13.1 Å². The highest BCUT2D eigenvalue weighted by atomic mass is 15.3. The molecule has 0 saturated heterocycles. The number of quaternary nitrogens is 1. The third kappa shape index (κ3) is 29.7. The van der Waals surface area contributed by atoms with Gasteiger partial charge in [0.2, 0.25) is 0 Å². The maximum absolute atomic E-state index is 2.46. The van der Waals surface area contributed by atoms with E-state index in [1.807, 2.05) is 0 Å². The van der Waals surface area contributed by atoms with E-state index >= 15 is 0 Å². The lowest BCUT2D eigenvalue weighted by molar-refractivity contribution is -0.954. The van der Waals surface area contributed by atoms with Crippen LogP contribution in [0.1, 0.15) is 230 Å². The zero-order valence-corrected chi connectivity index (χ0v) is 37.0. The van der Waals surface area contributed by atoms with Crippen LogP contribution in [0.2, 0.25) is 0 Å². The second-order valence-electron chi connectivity index (χ2n) is 17.4. The van der Waals surface area contributed by atoms with Crippen molar-refractivity contribution in [1.29, 1.82) is 0 Å². The van der Waals surface area contributed by atoms with E-state index in [0.29, 0.717) is 0 Å². The molecule has 0 heterocycles. The molecule has 1 nitrogen and oxygen atoms in total. The lowest BCUT2D eigenvalue weighted by atomic mass is 10.0. The second-order valence-corrected chi connectivity index (χ2v) is 17.4. The van der Waals surface area contributed by atoms with Crippen LogP contribution < -0.4 is 0 Å². The van der Waals surface area contributed by atoms with Crippen LogP contribution in [-0.4, -0.2) is 17.6 Å². The first-order valence-corrected chi connectivity index (χ1v) is 24.5. The summed E-state index contributed by atoms with van der Waals surface area (Å²) < 4.78 is 1.21. The number of allylic oxidation sites excluding steroid dienone is 4. The monoisotopic (exact) mass is 755 g/mol. The van der Waals surface area contributed by atoms with Crippen molar-refractivity contribution < 1.29 is 4.48 Å². The van der Waals surface area contributed by atoms with Crippen LogP contribution in [0, 0.1) is 0 Å². The maximum Gasteiger partial charge on any atom is 0.105 e. The molecule has 0 N–H and O–H groups in total. The first kappa shape index (κ1) is 49.0. The van der Waals surface area contributed by atoms with Gasteiger partial charge < -0.3 is 4.48 Å². The fourth-order valence-corrected chi connectivity index (χ4v) is 8.52. The quantitative estimate of drug-likeness (QED) is 0.0361. The van der Waals surface area contributed by atoms with Crippen LogP contribution in [0.3, 0.4) is 0 Å². The molecular formula is C54H92N+. The highest BCUT2D eigenvalue weighted by Crippen LogP contribution is 2.24. The van der Waals surface area contributed by atoms with E-state index in [4.69, 9.17) is 0 Å². The molecule has 0 aromatic heterocycles. The summed E-state index contributed by atoms with van der Waals surface area (Å²) in [7, 11) is 0. The summed E-state index contributed by atoms with van der Waals surface area (Å²) in [6, 6.07) is 22.8. The van der Waals surface area contributed by atoms with Crippen molar-refractivity contribution in [3.05, 3.63) is 96.1 Å². The predicted molar refractivity (Wildman–Crippen MR) is 248 cm³/mol. The fourth-order valence-electron chi connectivity index (χ4n) is 8.52. The average Bonchev–Trinajstić information content (AvgIpc) is 3.20. The van der Waals surface area contributed by atoms with Gasteiger partial charge in [-0.1, -0.05) is 227 Å². The zero-order valence-electron chi connectivity index (χ0n) is 37.0. The normalized spacial score (nSPS) is 12.1. The molecule has 0 saturated carbocycles. The summed E-state index contributed by atoms with van der Waals surface area (Å²) in [4.78, 5) is 0. The van der Waals surface area contributed by atoms with Gasteiger partial charge in [-0.3, -0.25) is 0 Å². The number of nitrogens with zero attached hydrogens (tertiary/aromatic N) is 1. The summed E-state index contributed by atoms with van der Waals surface area (Å²) in [6.07, 6.45) is 54.3. The van der Waals surface area contributed by atoms with E-state index in [2.05, 4.69) is 98.8 Å². The van der Waals surface area contributed by atoms with Gasteiger partial charge in [0.05, 0.1) is 13.1 Å². The van der Waals surface area contributed by atoms with Crippen LogP contribution in [-0.2, 0) is 13.1 Å². The van der Waals surface area contributed by atoms with E-state index in [9.17, 15) is 0 Å². The average molecular weight is 755 g/mol. The van der Waals surface area contributed by atoms with Crippen LogP contribution >= 0.6 is 0 Å². The van der Waals surface area contributed by atoms with Gasteiger partial charge in [0, 0.05) is 11.1 Å². The Labute approximate surface area is 344 Å². The molecule has 0 aliphatic heterocycles. The van der Waals surface area contributed by atoms with Crippen molar-refractivity contribution in [2.75, 3.05) is 13.1 Å². The molecule has 2 rings (SSSR count). The lowest BCUT2D eigenvalue weighted by Gasteiger charge is -2.39. The van der Waals surface area contributed by atoms with E-state index in [-0.39, 0.29) is 0 Å². The van der Waals surface area contributed by atoms with Crippen molar-refractivity contribution in [3.8, 4) is 0 Å². The Hall–Kier alpha value is -2.12. The van der Waals surface area contributed by atoms with Gasteiger partial charge in [-0.05, 0) is 77.0 Å². The van der Waals surface area contributed by atoms with Gasteiger partial charge in [0.25, 0.3) is 0 Å². The van der Waals surface area contributed by atoms with Gasteiger partial charge in [0.15, 0.2) is 0 Å². The second kappa shape index (κ2) is 37.5. The van der Waals surface area contributed by atoms with E-state index in [1.165, 1.54) is 234 Å². The molecule has 0 aliphatic carbocycles. The Balaban J connectivity index is 1.66. The fraction of sp³-hybridized carbons (Fsp3) is 0.704. The predicted octanol–water partition coefficient (Wildman–Crippen LogP) is 17.8. The minimum atomic E-state index is 1.16. The summed E-state index contributed by atoms with van der Waals surface area (Å²) >= 11 is 0. The summed E-state index contributed by atoms with van der Waals surface area (Å²) in [6.45, 7) is 9.54. The highest BCUT2D eigenvalue weighted by molar-refractivity contribution is 5.15. The molecule has 55 heavy (non-hydrogen) atoms. The Morgan fingerprint density at radius 3 is 0.855 bits per heavy atom. The number of rotatable bonds is 40. The van der Waals surface area contributed by atoms with Gasteiger partial charge in [-0.25, -0.2) is 0 Å². The molecule has 0 unspecified atom stereocenters. The number of unbranched alkanes of at least 4 members (excludes halogenated alkanes) is 28. The van der Waals surface area contributed by atoms with Crippen LogP contribution in [0.25, 0.3) is 0 Å². The number of benzene rings is 2. The molecule has 2 aromatic carbocycles. The molecule has 312 valence electrons. The third-order valence-electron chi connectivity index (χ3n) is 12.0. The van der Waals surface area contributed by atoms with Crippen molar-refractivity contribution in [1.82, 2.24) is 0 Å². The Bertz CT molecular complexity index is 1010. The minimum Gasteiger partial charge on any atom is -0.316 e. The molecular weight excluding hydrogens is 663 g/mol. The van der Waals surface area contributed by atoms with Gasteiger partial charge in [0.1, 0.15) is 13.1 Å². The third-order valence-corrected chi connectivity index (χ3v) is 12.0. The number of hydrogen-bond donors (Lipinski definition) is 0. The Kier molecular flexibility index (Phi) is 33.4. The van der Waals surface area contributed by atoms with Crippen LogP contribution in [0.15, 0.2) is 85.0 Å². The van der Waals surface area contributed by atoms with E-state index < -0.39 is 0 Å². The van der Waals surface area contributed by atoms with Gasteiger partial charge in [-0.15, -0.1) is 0 Å². The molecule has 1 heteroatoms. The first-order chi connectivity index (χ1) is 27.3. The van der Waals surface area contributed by atoms with Crippen molar-refractivity contribution in [3.63, 3.8) is 0 Å².